The summed E-state index contributed by atoms with van der Waals surface area (Å²) >= 11 is 0. The van der Waals surface area contributed by atoms with Gasteiger partial charge in [0.15, 0.2) is 9.84 Å². The number of benzene rings is 1. The summed E-state index contributed by atoms with van der Waals surface area (Å²) in [7, 11) is -3.29. The standard InChI is InChI=1S/C10H12O4S/c1-15(12,13)9-6-14-8-5-3-2-4-7(8)10(9)11/h2-5,9-11H,6H2,1H3. The van der Waals surface area contributed by atoms with Crippen LogP contribution in [0.2, 0.25) is 0 Å². The summed E-state index contributed by atoms with van der Waals surface area (Å²) in [6.07, 6.45) is 0.114. The lowest BCUT2D eigenvalue weighted by Gasteiger charge is -2.28. The molecule has 0 saturated carbocycles. The number of hydrogen-bond donors (Lipinski definition) is 1. The number of aliphatic hydroxyl groups excluding tert-OH is 1. The van der Waals surface area contributed by atoms with Gasteiger partial charge in [-0.1, -0.05) is 18.2 Å². The fourth-order valence-electron chi connectivity index (χ4n) is 1.68. The van der Waals surface area contributed by atoms with Crippen LogP contribution >= 0.6 is 0 Å². The van der Waals surface area contributed by atoms with Gasteiger partial charge in [-0.15, -0.1) is 0 Å². The van der Waals surface area contributed by atoms with Crippen molar-refractivity contribution in [1.29, 1.82) is 0 Å². The maximum atomic E-state index is 11.4. The summed E-state index contributed by atoms with van der Waals surface area (Å²) < 4.78 is 28.0. The highest BCUT2D eigenvalue weighted by Gasteiger charge is 2.35. The molecule has 1 aliphatic heterocycles. The zero-order valence-electron chi connectivity index (χ0n) is 8.25. The second kappa shape index (κ2) is 3.50. The van der Waals surface area contributed by atoms with E-state index in [0.29, 0.717) is 11.3 Å². The SMILES string of the molecule is CS(=O)(=O)C1COc2ccccc2C1O. The maximum Gasteiger partial charge on any atom is 0.156 e. The first-order valence-electron chi connectivity index (χ1n) is 4.59. The molecule has 0 radical (unpaired) electrons. The third-order valence-electron chi connectivity index (χ3n) is 2.54. The van der Waals surface area contributed by atoms with Crippen molar-refractivity contribution in [3.63, 3.8) is 0 Å². The fraction of sp³-hybridized carbons (Fsp3) is 0.400. The van der Waals surface area contributed by atoms with Gasteiger partial charge < -0.3 is 9.84 Å². The van der Waals surface area contributed by atoms with Crippen LogP contribution < -0.4 is 4.74 Å². The van der Waals surface area contributed by atoms with Crippen molar-refractivity contribution in [2.75, 3.05) is 12.9 Å². The molecule has 0 saturated heterocycles. The van der Waals surface area contributed by atoms with Crippen molar-refractivity contribution in [1.82, 2.24) is 0 Å². The van der Waals surface area contributed by atoms with Gasteiger partial charge in [-0.2, -0.15) is 0 Å². The van der Waals surface area contributed by atoms with E-state index in [4.69, 9.17) is 4.74 Å². The molecule has 1 heterocycles. The highest BCUT2D eigenvalue weighted by molar-refractivity contribution is 7.91. The molecule has 0 bridgehead atoms. The van der Waals surface area contributed by atoms with Crippen molar-refractivity contribution in [3.8, 4) is 5.75 Å². The van der Waals surface area contributed by atoms with Crippen LogP contribution in [0.25, 0.3) is 0 Å². The largest absolute Gasteiger partial charge is 0.492 e. The molecular weight excluding hydrogens is 216 g/mol. The van der Waals surface area contributed by atoms with Crippen LogP contribution in [0, 0.1) is 0 Å². The molecule has 2 atom stereocenters. The highest BCUT2D eigenvalue weighted by atomic mass is 32.2. The monoisotopic (exact) mass is 228 g/mol. The van der Waals surface area contributed by atoms with E-state index >= 15 is 0 Å². The molecule has 0 amide bonds. The Morgan fingerprint density at radius 1 is 1.40 bits per heavy atom. The Kier molecular flexibility index (Phi) is 2.44. The van der Waals surface area contributed by atoms with Gasteiger partial charge in [0.2, 0.25) is 0 Å². The second-order valence-corrected chi connectivity index (χ2v) is 5.93. The Labute approximate surface area is 88.4 Å². The fourth-order valence-corrected chi connectivity index (χ4v) is 2.61. The molecule has 1 aromatic rings. The van der Waals surface area contributed by atoms with Crippen LogP contribution in [0.1, 0.15) is 11.7 Å². The topological polar surface area (TPSA) is 63.6 Å². The summed E-state index contributed by atoms with van der Waals surface area (Å²) in [4.78, 5) is 0. The summed E-state index contributed by atoms with van der Waals surface area (Å²) in [5, 5.41) is 9.03. The molecule has 0 aromatic heterocycles. The van der Waals surface area contributed by atoms with Gasteiger partial charge in [0.25, 0.3) is 0 Å². The van der Waals surface area contributed by atoms with Crippen molar-refractivity contribution in [2.45, 2.75) is 11.4 Å². The molecular formula is C10H12O4S. The van der Waals surface area contributed by atoms with Gasteiger partial charge in [-0.3, -0.25) is 0 Å². The smallest absolute Gasteiger partial charge is 0.156 e. The lowest BCUT2D eigenvalue weighted by Crippen LogP contribution is -2.36. The summed E-state index contributed by atoms with van der Waals surface area (Å²) in [5.41, 5.74) is 0.541. The molecule has 0 aliphatic carbocycles. The predicted octanol–water partition coefficient (Wildman–Crippen LogP) is 0.526. The van der Waals surface area contributed by atoms with Crippen LogP contribution in [0.3, 0.4) is 0 Å². The number of para-hydroxylation sites is 1. The van der Waals surface area contributed by atoms with E-state index in [1.54, 1.807) is 24.3 Å². The van der Waals surface area contributed by atoms with Gasteiger partial charge >= 0.3 is 0 Å². The molecule has 0 spiro atoms. The molecule has 2 unspecified atom stereocenters. The molecule has 4 nitrogen and oxygen atoms in total. The zero-order chi connectivity index (χ0) is 11.1. The van der Waals surface area contributed by atoms with E-state index in [2.05, 4.69) is 0 Å². The molecule has 82 valence electrons. The zero-order valence-corrected chi connectivity index (χ0v) is 9.07. The average Bonchev–Trinajstić information content (AvgIpc) is 2.16. The summed E-state index contributed by atoms with van der Waals surface area (Å²) in [5.74, 6) is 0.560. The predicted molar refractivity (Wildman–Crippen MR) is 55.5 cm³/mol. The third-order valence-corrected chi connectivity index (χ3v) is 4.04. The minimum atomic E-state index is -3.29. The Morgan fingerprint density at radius 2 is 2.07 bits per heavy atom. The average molecular weight is 228 g/mol. The number of aliphatic hydroxyl groups is 1. The summed E-state index contributed by atoms with van der Waals surface area (Å²) in [6, 6.07) is 6.93. The Balaban J connectivity index is 2.42. The van der Waals surface area contributed by atoms with Crippen LogP contribution in [-0.2, 0) is 9.84 Å². The van der Waals surface area contributed by atoms with Gasteiger partial charge in [-0.25, -0.2) is 8.42 Å². The van der Waals surface area contributed by atoms with E-state index in [0.717, 1.165) is 6.26 Å². The normalized spacial score (nSPS) is 25.5. The van der Waals surface area contributed by atoms with Crippen LogP contribution in [0.5, 0.6) is 5.75 Å². The Morgan fingerprint density at radius 3 is 2.73 bits per heavy atom. The minimum Gasteiger partial charge on any atom is -0.492 e. The van der Waals surface area contributed by atoms with Crippen LogP contribution in [0.15, 0.2) is 24.3 Å². The molecule has 1 N–H and O–H groups in total. The minimum absolute atomic E-state index is 0.0109. The Bertz CT molecular complexity index is 466. The Hall–Kier alpha value is -1.07. The van der Waals surface area contributed by atoms with Gasteiger partial charge in [0.05, 0.1) is 0 Å². The molecule has 5 heteroatoms. The molecule has 1 aliphatic rings. The van der Waals surface area contributed by atoms with Crippen LogP contribution in [0.4, 0.5) is 0 Å². The number of sulfone groups is 1. The van der Waals surface area contributed by atoms with Gasteiger partial charge in [-0.05, 0) is 6.07 Å². The van der Waals surface area contributed by atoms with Gasteiger partial charge in [0, 0.05) is 11.8 Å². The van der Waals surface area contributed by atoms with E-state index in [1.807, 2.05) is 0 Å². The first kappa shape index (κ1) is 10.4. The van der Waals surface area contributed by atoms with Crippen molar-refractivity contribution in [2.24, 2.45) is 0 Å². The first-order valence-corrected chi connectivity index (χ1v) is 6.54. The lowest BCUT2D eigenvalue weighted by molar-refractivity contribution is 0.119. The third kappa shape index (κ3) is 1.85. The number of fused-ring (bicyclic) bond motifs is 1. The molecule has 15 heavy (non-hydrogen) atoms. The number of ether oxygens (including phenoxy) is 1. The maximum absolute atomic E-state index is 11.4. The highest BCUT2D eigenvalue weighted by Crippen LogP contribution is 2.34. The van der Waals surface area contributed by atoms with Crippen molar-refractivity contribution in [3.05, 3.63) is 29.8 Å². The van der Waals surface area contributed by atoms with E-state index in [1.165, 1.54) is 0 Å². The quantitative estimate of drug-likeness (QED) is 0.761. The van der Waals surface area contributed by atoms with Gasteiger partial charge in [0.1, 0.15) is 23.7 Å². The van der Waals surface area contributed by atoms with E-state index in [-0.39, 0.29) is 6.61 Å². The van der Waals surface area contributed by atoms with E-state index < -0.39 is 21.2 Å². The van der Waals surface area contributed by atoms with Crippen molar-refractivity contribution < 1.29 is 18.3 Å². The molecule has 0 fully saturated rings. The number of hydrogen-bond acceptors (Lipinski definition) is 4. The molecule has 1 aromatic carbocycles. The van der Waals surface area contributed by atoms with E-state index in [9.17, 15) is 13.5 Å². The van der Waals surface area contributed by atoms with Crippen LogP contribution in [-0.4, -0.2) is 31.6 Å². The van der Waals surface area contributed by atoms with Crippen molar-refractivity contribution >= 4 is 9.84 Å². The lowest BCUT2D eigenvalue weighted by atomic mass is 10.0. The second-order valence-electron chi connectivity index (χ2n) is 3.66. The first-order chi connectivity index (χ1) is 7.00. The number of rotatable bonds is 1. The summed E-state index contributed by atoms with van der Waals surface area (Å²) in [6.45, 7) is 0.0109. The molecule has 2 rings (SSSR count).